The van der Waals surface area contributed by atoms with E-state index in [9.17, 15) is 0 Å². The van der Waals surface area contributed by atoms with Gasteiger partial charge < -0.3 is 10.5 Å². The van der Waals surface area contributed by atoms with Gasteiger partial charge in [0.1, 0.15) is 5.75 Å². The zero-order valence-corrected chi connectivity index (χ0v) is 11.1. The lowest BCUT2D eigenvalue weighted by molar-refractivity contribution is 0.412. The third-order valence-corrected chi connectivity index (χ3v) is 3.19. The number of hydrogen-bond donors (Lipinski definition) is 1. The summed E-state index contributed by atoms with van der Waals surface area (Å²) in [5, 5.41) is 0.757. The second kappa shape index (κ2) is 6.36. The van der Waals surface area contributed by atoms with E-state index in [1.54, 1.807) is 7.11 Å². The summed E-state index contributed by atoms with van der Waals surface area (Å²) < 4.78 is 6.10. The van der Waals surface area contributed by atoms with Gasteiger partial charge in [0.25, 0.3) is 0 Å². The van der Waals surface area contributed by atoms with Crippen LogP contribution in [0.25, 0.3) is 0 Å². The molecule has 0 aliphatic carbocycles. The van der Waals surface area contributed by atoms with Gasteiger partial charge in [0.05, 0.1) is 11.6 Å². The zero-order chi connectivity index (χ0) is 11.3. The molecule has 0 fully saturated rings. The molecule has 0 unspecified atom stereocenters. The Labute approximate surface area is 104 Å². The summed E-state index contributed by atoms with van der Waals surface area (Å²) in [5.41, 5.74) is 6.58. The Morgan fingerprint density at radius 1 is 1.40 bits per heavy atom. The first kappa shape index (κ1) is 12.8. The van der Waals surface area contributed by atoms with Crippen LogP contribution in [0.4, 0.5) is 0 Å². The summed E-state index contributed by atoms with van der Waals surface area (Å²) in [6.45, 7) is 0.731. The molecule has 0 aromatic heterocycles. The lowest BCUT2D eigenvalue weighted by Gasteiger charge is -2.08. The number of ether oxygens (including phenoxy) is 1. The van der Waals surface area contributed by atoms with E-state index in [-0.39, 0.29) is 0 Å². The van der Waals surface area contributed by atoms with Gasteiger partial charge in [-0.15, -0.1) is 0 Å². The summed E-state index contributed by atoms with van der Waals surface area (Å²) in [4.78, 5) is 0. The molecular weight excluding hydrogens is 277 g/mol. The van der Waals surface area contributed by atoms with Gasteiger partial charge in [-0.3, -0.25) is 0 Å². The molecule has 2 nitrogen and oxygen atoms in total. The first-order valence-corrected chi connectivity index (χ1v) is 6.08. The number of rotatable bonds is 5. The molecular formula is C11H15BrClNO. The number of hydrogen-bond acceptors (Lipinski definition) is 2. The van der Waals surface area contributed by atoms with E-state index in [0.29, 0.717) is 0 Å². The fourth-order valence-corrected chi connectivity index (χ4v) is 2.18. The molecule has 0 heterocycles. The van der Waals surface area contributed by atoms with Crippen molar-refractivity contribution in [3.63, 3.8) is 0 Å². The molecule has 84 valence electrons. The van der Waals surface area contributed by atoms with E-state index in [1.807, 2.05) is 12.1 Å². The van der Waals surface area contributed by atoms with Crippen molar-refractivity contribution in [2.45, 2.75) is 19.3 Å². The SMILES string of the molecule is COc1cc(Cl)c(CCCCN)cc1Br. The topological polar surface area (TPSA) is 35.2 Å². The van der Waals surface area contributed by atoms with Gasteiger partial charge in [0.15, 0.2) is 0 Å². The molecule has 1 aromatic rings. The lowest BCUT2D eigenvalue weighted by Crippen LogP contribution is -1.99. The van der Waals surface area contributed by atoms with Gasteiger partial charge in [-0.05, 0) is 53.4 Å². The number of aryl methyl sites for hydroxylation is 1. The fourth-order valence-electron chi connectivity index (χ4n) is 1.38. The summed E-state index contributed by atoms with van der Waals surface area (Å²) >= 11 is 9.57. The maximum absolute atomic E-state index is 6.13. The van der Waals surface area contributed by atoms with E-state index >= 15 is 0 Å². The maximum Gasteiger partial charge on any atom is 0.134 e. The smallest absolute Gasteiger partial charge is 0.134 e. The predicted octanol–water partition coefficient (Wildman–Crippen LogP) is 3.39. The fraction of sp³-hybridized carbons (Fsp3) is 0.455. The highest BCUT2D eigenvalue weighted by Gasteiger charge is 2.06. The van der Waals surface area contributed by atoms with Gasteiger partial charge in [-0.2, -0.15) is 0 Å². The minimum absolute atomic E-state index is 0.731. The van der Waals surface area contributed by atoms with Gasteiger partial charge in [0.2, 0.25) is 0 Å². The van der Waals surface area contributed by atoms with Crippen molar-refractivity contribution >= 4 is 27.5 Å². The number of methoxy groups -OCH3 is 1. The van der Waals surface area contributed by atoms with Gasteiger partial charge in [-0.25, -0.2) is 0 Å². The molecule has 1 rings (SSSR count). The Kier molecular flexibility index (Phi) is 5.43. The molecule has 0 radical (unpaired) electrons. The van der Waals surface area contributed by atoms with E-state index < -0.39 is 0 Å². The second-order valence-corrected chi connectivity index (χ2v) is 4.59. The van der Waals surface area contributed by atoms with Crippen LogP contribution in [0, 0.1) is 0 Å². The van der Waals surface area contributed by atoms with Gasteiger partial charge >= 0.3 is 0 Å². The number of halogens is 2. The molecule has 2 N–H and O–H groups in total. The Balaban J connectivity index is 2.76. The quantitative estimate of drug-likeness (QED) is 0.844. The summed E-state index contributed by atoms with van der Waals surface area (Å²) in [6.07, 6.45) is 3.05. The summed E-state index contributed by atoms with van der Waals surface area (Å²) in [6, 6.07) is 3.85. The minimum atomic E-state index is 0.731. The normalized spacial score (nSPS) is 10.4. The Hall–Kier alpha value is -0.250. The van der Waals surface area contributed by atoms with Crippen LogP contribution in [-0.4, -0.2) is 13.7 Å². The van der Waals surface area contributed by atoms with Crippen LogP contribution in [0.15, 0.2) is 16.6 Å². The number of nitrogens with two attached hydrogens (primary N) is 1. The molecule has 15 heavy (non-hydrogen) atoms. The number of benzene rings is 1. The summed E-state index contributed by atoms with van der Waals surface area (Å²) in [5.74, 6) is 0.766. The molecule has 0 saturated heterocycles. The molecule has 0 aliphatic rings. The molecule has 0 amide bonds. The van der Waals surface area contributed by atoms with Crippen LogP contribution in [0.3, 0.4) is 0 Å². The third kappa shape index (κ3) is 3.67. The number of unbranched alkanes of at least 4 members (excludes halogenated alkanes) is 1. The molecule has 0 spiro atoms. The second-order valence-electron chi connectivity index (χ2n) is 3.32. The average Bonchev–Trinajstić information content (AvgIpc) is 2.23. The van der Waals surface area contributed by atoms with Crippen molar-refractivity contribution < 1.29 is 4.74 Å². The standard InChI is InChI=1S/C11H15BrClNO/c1-15-11-7-10(13)8(6-9(11)12)4-2-3-5-14/h6-7H,2-5,14H2,1H3. The van der Waals surface area contributed by atoms with Crippen molar-refractivity contribution in [3.8, 4) is 5.75 Å². The Bertz CT molecular complexity index is 331. The van der Waals surface area contributed by atoms with Crippen molar-refractivity contribution in [2.75, 3.05) is 13.7 Å². The molecule has 1 aromatic carbocycles. The summed E-state index contributed by atoms with van der Waals surface area (Å²) in [7, 11) is 1.63. The highest BCUT2D eigenvalue weighted by Crippen LogP contribution is 2.31. The van der Waals surface area contributed by atoms with Crippen molar-refractivity contribution in [1.82, 2.24) is 0 Å². The highest BCUT2D eigenvalue weighted by molar-refractivity contribution is 9.10. The first-order valence-electron chi connectivity index (χ1n) is 4.91. The van der Waals surface area contributed by atoms with Crippen LogP contribution in [-0.2, 0) is 6.42 Å². The predicted molar refractivity (Wildman–Crippen MR) is 67.7 cm³/mol. The largest absolute Gasteiger partial charge is 0.496 e. The van der Waals surface area contributed by atoms with Crippen LogP contribution < -0.4 is 10.5 Å². The minimum Gasteiger partial charge on any atom is -0.496 e. The Morgan fingerprint density at radius 2 is 2.13 bits per heavy atom. The van der Waals surface area contributed by atoms with Crippen LogP contribution in [0.5, 0.6) is 5.75 Å². The Morgan fingerprint density at radius 3 is 2.73 bits per heavy atom. The van der Waals surface area contributed by atoms with Gasteiger partial charge in [-0.1, -0.05) is 11.6 Å². The van der Waals surface area contributed by atoms with Crippen LogP contribution >= 0.6 is 27.5 Å². The molecule has 4 heteroatoms. The molecule has 0 bridgehead atoms. The maximum atomic E-state index is 6.13. The molecule has 0 atom stereocenters. The van der Waals surface area contributed by atoms with Gasteiger partial charge in [0, 0.05) is 11.1 Å². The van der Waals surface area contributed by atoms with Crippen LogP contribution in [0.1, 0.15) is 18.4 Å². The van der Waals surface area contributed by atoms with Crippen molar-refractivity contribution in [1.29, 1.82) is 0 Å². The zero-order valence-electron chi connectivity index (χ0n) is 8.72. The average molecular weight is 293 g/mol. The van der Waals surface area contributed by atoms with E-state index in [4.69, 9.17) is 22.1 Å². The third-order valence-electron chi connectivity index (χ3n) is 2.22. The van der Waals surface area contributed by atoms with Crippen molar-refractivity contribution in [3.05, 3.63) is 27.2 Å². The van der Waals surface area contributed by atoms with E-state index in [1.165, 1.54) is 0 Å². The molecule has 0 saturated carbocycles. The highest BCUT2D eigenvalue weighted by atomic mass is 79.9. The lowest BCUT2D eigenvalue weighted by atomic mass is 10.1. The molecule has 0 aliphatic heterocycles. The van der Waals surface area contributed by atoms with E-state index in [2.05, 4.69) is 15.9 Å². The van der Waals surface area contributed by atoms with Crippen molar-refractivity contribution in [2.24, 2.45) is 5.73 Å². The first-order chi connectivity index (χ1) is 7.19. The van der Waals surface area contributed by atoms with Crippen LogP contribution in [0.2, 0.25) is 5.02 Å². The monoisotopic (exact) mass is 291 g/mol. The van der Waals surface area contributed by atoms with E-state index in [0.717, 1.165) is 46.6 Å².